The largest absolute Gasteiger partial charge is 0.464 e. The maximum absolute atomic E-state index is 12.3. The first-order chi connectivity index (χ1) is 12.9. The molecule has 27 heavy (non-hydrogen) atoms. The number of thiazole rings is 1. The van der Waals surface area contributed by atoms with Crippen LogP contribution in [0.5, 0.6) is 0 Å². The van der Waals surface area contributed by atoms with E-state index in [1.807, 2.05) is 0 Å². The molecule has 2 aromatic heterocycles. The first kappa shape index (κ1) is 18.3. The minimum atomic E-state index is -0.496. The quantitative estimate of drug-likeness (QED) is 0.393. The second kappa shape index (κ2) is 7.38. The van der Waals surface area contributed by atoms with Crippen molar-refractivity contribution in [1.29, 1.82) is 0 Å². The van der Waals surface area contributed by atoms with E-state index in [-0.39, 0.29) is 5.69 Å². The standard InChI is InChI=1S/C17H14N4O5S/c1-9-5-10(3-4-14(9)21(24)25)15(22)20-17-19-13(8-27-17)11-6-12(18-7-11)16(23)26-2/h3-8,18H,1-2H3,(H,19,20,22). The normalized spacial score (nSPS) is 10.4. The number of hydrogen-bond donors (Lipinski definition) is 2. The number of nitrogens with one attached hydrogen (secondary N) is 2. The van der Waals surface area contributed by atoms with Gasteiger partial charge >= 0.3 is 5.97 Å². The molecule has 0 saturated carbocycles. The molecule has 2 N–H and O–H groups in total. The fourth-order valence-corrected chi connectivity index (χ4v) is 3.12. The van der Waals surface area contributed by atoms with Crippen molar-refractivity contribution >= 4 is 34.0 Å². The molecule has 0 atom stereocenters. The van der Waals surface area contributed by atoms with Crippen LogP contribution in [0.3, 0.4) is 0 Å². The lowest BCUT2D eigenvalue weighted by Gasteiger charge is -2.03. The Morgan fingerprint density at radius 3 is 2.78 bits per heavy atom. The second-order valence-electron chi connectivity index (χ2n) is 5.54. The highest BCUT2D eigenvalue weighted by Crippen LogP contribution is 2.26. The molecule has 0 aliphatic rings. The van der Waals surface area contributed by atoms with Gasteiger partial charge in [0.25, 0.3) is 11.6 Å². The third kappa shape index (κ3) is 3.85. The number of amides is 1. The summed E-state index contributed by atoms with van der Waals surface area (Å²) in [4.78, 5) is 41.3. The molecule has 138 valence electrons. The zero-order valence-electron chi connectivity index (χ0n) is 14.3. The van der Waals surface area contributed by atoms with Crippen LogP contribution in [0.25, 0.3) is 11.3 Å². The van der Waals surface area contributed by atoms with Crippen molar-refractivity contribution in [1.82, 2.24) is 9.97 Å². The summed E-state index contributed by atoms with van der Waals surface area (Å²) in [6, 6.07) is 5.75. The smallest absolute Gasteiger partial charge is 0.354 e. The molecule has 10 heteroatoms. The highest BCUT2D eigenvalue weighted by atomic mass is 32.1. The maximum Gasteiger partial charge on any atom is 0.354 e. The van der Waals surface area contributed by atoms with E-state index in [1.165, 1.54) is 36.6 Å². The van der Waals surface area contributed by atoms with Crippen molar-refractivity contribution in [3.05, 3.63) is 62.8 Å². The van der Waals surface area contributed by atoms with Gasteiger partial charge in [-0.15, -0.1) is 11.3 Å². The molecule has 0 radical (unpaired) electrons. The maximum atomic E-state index is 12.3. The number of carbonyl (C=O) groups is 2. The number of aromatic nitrogens is 2. The van der Waals surface area contributed by atoms with Crippen molar-refractivity contribution in [2.45, 2.75) is 6.92 Å². The molecule has 0 spiro atoms. The Labute approximate surface area is 157 Å². The molecule has 1 amide bonds. The summed E-state index contributed by atoms with van der Waals surface area (Å²) in [7, 11) is 1.29. The van der Waals surface area contributed by atoms with Crippen LogP contribution in [0.1, 0.15) is 26.4 Å². The van der Waals surface area contributed by atoms with Crippen LogP contribution in [-0.2, 0) is 4.74 Å². The number of anilines is 1. The second-order valence-corrected chi connectivity index (χ2v) is 6.40. The van der Waals surface area contributed by atoms with Gasteiger partial charge in [-0.25, -0.2) is 9.78 Å². The van der Waals surface area contributed by atoms with Crippen molar-refractivity contribution in [3.8, 4) is 11.3 Å². The van der Waals surface area contributed by atoms with E-state index in [0.717, 1.165) is 0 Å². The highest BCUT2D eigenvalue weighted by Gasteiger charge is 2.16. The average molecular weight is 386 g/mol. The third-order valence-corrected chi connectivity index (χ3v) is 4.52. The molecule has 0 aliphatic carbocycles. The fraction of sp³-hybridized carbons (Fsp3) is 0.118. The van der Waals surface area contributed by atoms with E-state index in [9.17, 15) is 19.7 Å². The molecule has 0 saturated heterocycles. The molecule has 0 aliphatic heterocycles. The van der Waals surface area contributed by atoms with Gasteiger partial charge in [-0.3, -0.25) is 20.2 Å². The first-order valence-electron chi connectivity index (χ1n) is 7.68. The Morgan fingerprint density at radius 1 is 1.33 bits per heavy atom. The number of hydrogen-bond acceptors (Lipinski definition) is 7. The lowest BCUT2D eigenvalue weighted by Crippen LogP contribution is -2.12. The molecule has 0 bridgehead atoms. The summed E-state index contributed by atoms with van der Waals surface area (Å²) in [6.07, 6.45) is 1.62. The topological polar surface area (TPSA) is 127 Å². The van der Waals surface area contributed by atoms with Gasteiger partial charge in [0.05, 0.1) is 17.7 Å². The van der Waals surface area contributed by atoms with Gasteiger partial charge in [-0.1, -0.05) is 0 Å². The minimum Gasteiger partial charge on any atom is -0.464 e. The van der Waals surface area contributed by atoms with E-state index < -0.39 is 16.8 Å². The van der Waals surface area contributed by atoms with Crippen LogP contribution in [0.2, 0.25) is 0 Å². The Kier molecular flexibility index (Phi) is 4.99. The lowest BCUT2D eigenvalue weighted by molar-refractivity contribution is -0.385. The van der Waals surface area contributed by atoms with Crippen LogP contribution in [0, 0.1) is 17.0 Å². The van der Waals surface area contributed by atoms with Crippen molar-refractivity contribution in [2.75, 3.05) is 12.4 Å². The zero-order valence-corrected chi connectivity index (χ0v) is 15.1. The Hall–Kier alpha value is -3.53. The summed E-state index contributed by atoms with van der Waals surface area (Å²) in [5.41, 5.74) is 2.21. The van der Waals surface area contributed by atoms with Gasteiger partial charge in [0, 0.05) is 34.3 Å². The number of aromatic amines is 1. The van der Waals surface area contributed by atoms with Crippen LogP contribution in [-0.4, -0.2) is 33.9 Å². The number of benzene rings is 1. The van der Waals surface area contributed by atoms with Gasteiger partial charge in [0.1, 0.15) is 5.69 Å². The Balaban J connectivity index is 1.75. The Morgan fingerprint density at radius 2 is 2.11 bits per heavy atom. The predicted octanol–water partition coefficient (Wildman–Crippen LogP) is 3.39. The zero-order chi connectivity index (χ0) is 19.6. The average Bonchev–Trinajstić information content (AvgIpc) is 3.29. The first-order valence-corrected chi connectivity index (χ1v) is 8.56. The van der Waals surface area contributed by atoms with Gasteiger partial charge in [-0.05, 0) is 25.1 Å². The lowest BCUT2D eigenvalue weighted by atomic mass is 10.1. The van der Waals surface area contributed by atoms with E-state index >= 15 is 0 Å². The SMILES string of the molecule is COC(=O)c1cc(-c2csc(NC(=O)c3ccc([N+](=O)[O-])c(C)c3)n2)c[nH]1. The van der Waals surface area contributed by atoms with E-state index in [0.29, 0.717) is 33.2 Å². The summed E-state index contributed by atoms with van der Waals surface area (Å²) in [6.45, 7) is 1.57. The number of H-pyrrole nitrogens is 1. The number of nitro benzene ring substituents is 1. The van der Waals surface area contributed by atoms with Crippen LogP contribution < -0.4 is 5.32 Å². The number of rotatable bonds is 5. The summed E-state index contributed by atoms with van der Waals surface area (Å²) in [5.74, 6) is -0.906. The van der Waals surface area contributed by atoms with Gasteiger partial charge in [0.2, 0.25) is 0 Å². The van der Waals surface area contributed by atoms with E-state index in [4.69, 9.17) is 0 Å². The molecular formula is C17H14N4O5S. The molecule has 0 fully saturated rings. The van der Waals surface area contributed by atoms with Gasteiger partial charge < -0.3 is 9.72 Å². The number of nitrogens with zero attached hydrogens (tertiary/aromatic N) is 2. The number of carbonyl (C=O) groups excluding carboxylic acids is 2. The monoisotopic (exact) mass is 386 g/mol. The number of aryl methyl sites for hydroxylation is 1. The van der Waals surface area contributed by atoms with Crippen LogP contribution >= 0.6 is 11.3 Å². The summed E-state index contributed by atoms with van der Waals surface area (Å²) < 4.78 is 4.64. The minimum absolute atomic E-state index is 0.0445. The number of esters is 1. The molecule has 1 aromatic carbocycles. The summed E-state index contributed by atoms with van der Waals surface area (Å²) >= 11 is 1.22. The van der Waals surface area contributed by atoms with Crippen molar-refractivity contribution in [3.63, 3.8) is 0 Å². The molecule has 3 aromatic rings. The molecule has 9 nitrogen and oxygen atoms in total. The van der Waals surface area contributed by atoms with Gasteiger partial charge in [-0.2, -0.15) is 0 Å². The third-order valence-electron chi connectivity index (χ3n) is 3.76. The molecular weight excluding hydrogens is 372 g/mol. The Bertz CT molecular complexity index is 1040. The highest BCUT2D eigenvalue weighted by molar-refractivity contribution is 7.14. The van der Waals surface area contributed by atoms with Crippen LogP contribution in [0.4, 0.5) is 10.8 Å². The predicted molar refractivity (Wildman–Crippen MR) is 99.0 cm³/mol. The van der Waals surface area contributed by atoms with E-state index in [2.05, 4.69) is 20.0 Å². The fourth-order valence-electron chi connectivity index (χ4n) is 2.40. The van der Waals surface area contributed by atoms with E-state index in [1.54, 1.807) is 24.6 Å². The molecule has 3 rings (SSSR count). The van der Waals surface area contributed by atoms with Gasteiger partial charge in [0.15, 0.2) is 5.13 Å². The number of methoxy groups -OCH3 is 1. The number of ether oxygens (including phenoxy) is 1. The summed E-state index contributed by atoms with van der Waals surface area (Å²) in [5, 5.41) is 15.6. The van der Waals surface area contributed by atoms with Crippen LogP contribution in [0.15, 0.2) is 35.8 Å². The molecule has 2 heterocycles. The van der Waals surface area contributed by atoms with Crippen molar-refractivity contribution in [2.24, 2.45) is 0 Å². The van der Waals surface area contributed by atoms with Crippen molar-refractivity contribution < 1.29 is 19.2 Å². The molecule has 0 unspecified atom stereocenters. The number of nitro groups is 1.